The van der Waals surface area contributed by atoms with Gasteiger partial charge in [-0.05, 0) is 31.5 Å². The van der Waals surface area contributed by atoms with Gasteiger partial charge in [-0.3, -0.25) is 4.79 Å². The molecule has 1 aliphatic heterocycles. The van der Waals surface area contributed by atoms with Crippen LogP contribution in [0.5, 0.6) is 17.2 Å². The fourth-order valence-corrected chi connectivity index (χ4v) is 2.51. The lowest BCUT2D eigenvalue weighted by atomic mass is 9.99. The Morgan fingerprint density at radius 2 is 1.91 bits per heavy atom. The summed E-state index contributed by atoms with van der Waals surface area (Å²) in [6.07, 6.45) is 1.91. The largest absolute Gasteiger partial charge is 0.493 e. The Balaban J connectivity index is 0.00000242. The third-order valence-corrected chi connectivity index (χ3v) is 3.63. The van der Waals surface area contributed by atoms with Gasteiger partial charge in [-0.15, -0.1) is 12.4 Å². The second kappa shape index (κ2) is 8.70. The second-order valence-corrected chi connectivity index (χ2v) is 4.91. The minimum Gasteiger partial charge on any atom is -0.493 e. The number of anilines is 1. The molecule has 124 valence electrons. The van der Waals surface area contributed by atoms with Gasteiger partial charge in [0.2, 0.25) is 11.7 Å². The van der Waals surface area contributed by atoms with E-state index in [4.69, 9.17) is 14.2 Å². The van der Waals surface area contributed by atoms with Crippen LogP contribution in [0, 0.1) is 5.92 Å². The monoisotopic (exact) mass is 330 g/mol. The maximum absolute atomic E-state index is 12.3. The first-order valence-corrected chi connectivity index (χ1v) is 7.01. The SMILES string of the molecule is COc1ccc(NC(=O)C2CCCNC2)c(OC)c1OC.Cl. The molecule has 1 atom stereocenters. The van der Waals surface area contributed by atoms with E-state index in [1.807, 2.05) is 0 Å². The molecule has 1 fully saturated rings. The third kappa shape index (κ3) is 3.96. The Morgan fingerprint density at radius 3 is 2.45 bits per heavy atom. The van der Waals surface area contributed by atoms with Crippen LogP contribution in [0.3, 0.4) is 0 Å². The van der Waals surface area contributed by atoms with Crippen LogP contribution < -0.4 is 24.8 Å². The number of hydrogen-bond donors (Lipinski definition) is 2. The van der Waals surface area contributed by atoms with Crippen molar-refractivity contribution in [1.29, 1.82) is 0 Å². The van der Waals surface area contributed by atoms with Crippen molar-refractivity contribution < 1.29 is 19.0 Å². The van der Waals surface area contributed by atoms with E-state index < -0.39 is 0 Å². The highest BCUT2D eigenvalue weighted by molar-refractivity contribution is 5.95. The Morgan fingerprint density at radius 1 is 1.18 bits per heavy atom. The van der Waals surface area contributed by atoms with Crippen molar-refractivity contribution in [3.05, 3.63) is 12.1 Å². The normalized spacial score (nSPS) is 17.1. The molecule has 1 aromatic rings. The summed E-state index contributed by atoms with van der Waals surface area (Å²) in [7, 11) is 4.63. The molecule has 1 unspecified atom stereocenters. The van der Waals surface area contributed by atoms with Gasteiger partial charge in [-0.2, -0.15) is 0 Å². The summed E-state index contributed by atoms with van der Waals surface area (Å²) < 4.78 is 15.9. The molecule has 0 aliphatic carbocycles. The van der Waals surface area contributed by atoms with Gasteiger partial charge in [0.15, 0.2) is 11.5 Å². The van der Waals surface area contributed by atoms with Crippen molar-refractivity contribution >= 4 is 24.0 Å². The Kier molecular flexibility index (Phi) is 7.27. The topological polar surface area (TPSA) is 68.8 Å². The Labute approximate surface area is 136 Å². The number of nitrogens with one attached hydrogen (secondary N) is 2. The molecule has 6 nitrogen and oxygen atoms in total. The minimum absolute atomic E-state index is 0. The van der Waals surface area contributed by atoms with Crippen molar-refractivity contribution in [2.24, 2.45) is 5.92 Å². The highest BCUT2D eigenvalue weighted by Crippen LogP contribution is 2.42. The average Bonchev–Trinajstić information content (AvgIpc) is 2.54. The minimum atomic E-state index is -0.0171. The first kappa shape index (κ1) is 18.4. The molecule has 1 aliphatic rings. The van der Waals surface area contributed by atoms with Crippen molar-refractivity contribution in [3.8, 4) is 17.2 Å². The quantitative estimate of drug-likeness (QED) is 0.865. The number of rotatable bonds is 5. The van der Waals surface area contributed by atoms with Crippen molar-refractivity contribution in [2.75, 3.05) is 39.7 Å². The van der Waals surface area contributed by atoms with Crippen molar-refractivity contribution in [1.82, 2.24) is 5.32 Å². The number of methoxy groups -OCH3 is 3. The maximum Gasteiger partial charge on any atom is 0.228 e. The van der Waals surface area contributed by atoms with E-state index in [-0.39, 0.29) is 24.2 Å². The number of amides is 1. The Bertz CT molecular complexity index is 505. The number of halogens is 1. The van der Waals surface area contributed by atoms with Gasteiger partial charge in [-0.1, -0.05) is 0 Å². The van der Waals surface area contributed by atoms with Gasteiger partial charge in [0, 0.05) is 6.54 Å². The molecule has 7 heteroatoms. The zero-order chi connectivity index (χ0) is 15.2. The van der Waals surface area contributed by atoms with Crippen LogP contribution >= 0.6 is 12.4 Å². The standard InChI is InChI=1S/C15H22N2O4.ClH/c1-19-12-7-6-11(13(20-2)14(12)21-3)17-15(18)10-5-4-8-16-9-10;/h6-7,10,16H,4-5,8-9H2,1-3H3,(H,17,18);1H. The second-order valence-electron chi connectivity index (χ2n) is 4.91. The van der Waals surface area contributed by atoms with Crippen LogP contribution in [0.15, 0.2) is 12.1 Å². The van der Waals surface area contributed by atoms with Crippen LogP contribution in [0.1, 0.15) is 12.8 Å². The summed E-state index contributed by atoms with van der Waals surface area (Å²) in [5.41, 5.74) is 0.589. The third-order valence-electron chi connectivity index (χ3n) is 3.63. The van der Waals surface area contributed by atoms with Gasteiger partial charge in [-0.25, -0.2) is 0 Å². The fourth-order valence-electron chi connectivity index (χ4n) is 2.51. The summed E-state index contributed by atoms with van der Waals surface area (Å²) in [5, 5.41) is 6.15. The summed E-state index contributed by atoms with van der Waals surface area (Å²) in [6.45, 7) is 1.69. The number of hydrogen-bond acceptors (Lipinski definition) is 5. The lowest BCUT2D eigenvalue weighted by Crippen LogP contribution is -2.37. The van der Waals surface area contributed by atoms with Crippen LogP contribution in [0.25, 0.3) is 0 Å². The molecule has 2 N–H and O–H groups in total. The van der Waals surface area contributed by atoms with Crippen molar-refractivity contribution in [2.45, 2.75) is 12.8 Å². The average molecular weight is 331 g/mol. The summed E-state index contributed by atoms with van der Waals surface area (Å²) >= 11 is 0. The molecule has 22 heavy (non-hydrogen) atoms. The van der Waals surface area contributed by atoms with E-state index in [9.17, 15) is 4.79 Å². The van der Waals surface area contributed by atoms with Gasteiger partial charge >= 0.3 is 0 Å². The number of ether oxygens (including phenoxy) is 3. The molecule has 1 aromatic carbocycles. The molecule has 0 saturated carbocycles. The number of benzene rings is 1. The molecular formula is C15H23ClN2O4. The molecule has 2 rings (SSSR count). The zero-order valence-corrected chi connectivity index (χ0v) is 13.9. The molecular weight excluding hydrogens is 308 g/mol. The van der Waals surface area contributed by atoms with E-state index in [0.29, 0.717) is 29.5 Å². The molecule has 1 heterocycles. The molecule has 0 bridgehead atoms. The zero-order valence-electron chi connectivity index (χ0n) is 13.1. The molecule has 0 aromatic heterocycles. The summed E-state index contributed by atoms with van der Waals surface area (Å²) in [5.74, 6) is 1.48. The number of piperidine rings is 1. The van der Waals surface area contributed by atoms with E-state index in [2.05, 4.69) is 10.6 Å². The molecule has 0 spiro atoms. The van der Waals surface area contributed by atoms with Crippen LogP contribution in [0.2, 0.25) is 0 Å². The Hall–Kier alpha value is -1.66. The predicted molar refractivity (Wildman–Crippen MR) is 87.6 cm³/mol. The lowest BCUT2D eigenvalue weighted by molar-refractivity contribution is -0.120. The molecule has 0 radical (unpaired) electrons. The lowest BCUT2D eigenvalue weighted by Gasteiger charge is -2.23. The fraction of sp³-hybridized carbons (Fsp3) is 0.533. The highest BCUT2D eigenvalue weighted by Gasteiger charge is 2.23. The first-order chi connectivity index (χ1) is 10.2. The molecule has 1 amide bonds. The summed E-state index contributed by atoms with van der Waals surface area (Å²) in [4.78, 5) is 12.3. The van der Waals surface area contributed by atoms with E-state index >= 15 is 0 Å². The van der Waals surface area contributed by atoms with Gasteiger partial charge in [0.05, 0.1) is 32.9 Å². The smallest absolute Gasteiger partial charge is 0.228 e. The predicted octanol–water partition coefficient (Wildman–Crippen LogP) is 2.07. The maximum atomic E-state index is 12.3. The number of carbonyl (C=O) groups excluding carboxylic acids is 1. The highest BCUT2D eigenvalue weighted by atomic mass is 35.5. The van der Waals surface area contributed by atoms with Gasteiger partial charge in [0.1, 0.15) is 0 Å². The van der Waals surface area contributed by atoms with E-state index in [1.54, 1.807) is 19.2 Å². The van der Waals surface area contributed by atoms with Gasteiger partial charge in [0.25, 0.3) is 0 Å². The van der Waals surface area contributed by atoms with Crippen molar-refractivity contribution in [3.63, 3.8) is 0 Å². The van der Waals surface area contributed by atoms with Gasteiger partial charge < -0.3 is 24.8 Å². The summed E-state index contributed by atoms with van der Waals surface area (Å²) in [6, 6.07) is 3.50. The van der Waals surface area contributed by atoms with Crippen LogP contribution in [-0.4, -0.2) is 40.3 Å². The van der Waals surface area contributed by atoms with E-state index in [1.165, 1.54) is 14.2 Å². The van der Waals surface area contributed by atoms with E-state index in [0.717, 1.165) is 19.4 Å². The molecule has 1 saturated heterocycles. The van der Waals surface area contributed by atoms with Crippen LogP contribution in [0.4, 0.5) is 5.69 Å². The number of carbonyl (C=O) groups is 1. The first-order valence-electron chi connectivity index (χ1n) is 7.01. The van der Waals surface area contributed by atoms with Crippen LogP contribution in [-0.2, 0) is 4.79 Å².